The molecule has 37 heavy (non-hydrogen) atoms. The number of halogens is 2. The highest BCUT2D eigenvalue weighted by Crippen LogP contribution is 2.37. The molecule has 1 saturated heterocycles. The molecule has 0 amide bonds. The normalized spacial score (nSPS) is 15.8. The van der Waals surface area contributed by atoms with E-state index in [1.807, 2.05) is 30.3 Å². The van der Waals surface area contributed by atoms with Gasteiger partial charge in [0.1, 0.15) is 23.7 Å². The number of aromatic nitrogens is 6. The van der Waals surface area contributed by atoms with Crippen LogP contribution in [0.5, 0.6) is 5.75 Å². The number of ether oxygens (including phenoxy) is 1. The number of rotatable bonds is 6. The second-order valence-corrected chi connectivity index (χ2v) is 9.48. The number of hydrogen-bond acceptors (Lipinski definition) is 6. The molecule has 0 saturated carbocycles. The van der Waals surface area contributed by atoms with Gasteiger partial charge in [0.2, 0.25) is 0 Å². The van der Waals surface area contributed by atoms with E-state index in [9.17, 15) is 8.78 Å². The van der Waals surface area contributed by atoms with Gasteiger partial charge >= 0.3 is 6.55 Å². The number of piperidine rings is 1. The average Bonchev–Trinajstić information content (AvgIpc) is 3.67. The molecule has 1 aliphatic carbocycles. The summed E-state index contributed by atoms with van der Waals surface area (Å²) in [5, 5.41) is 3.77. The van der Waals surface area contributed by atoms with E-state index < -0.39 is 6.55 Å². The second-order valence-electron chi connectivity index (χ2n) is 9.48. The van der Waals surface area contributed by atoms with Crippen molar-refractivity contribution in [1.82, 2.24) is 29.7 Å². The van der Waals surface area contributed by atoms with E-state index in [0.717, 1.165) is 77.1 Å². The van der Waals surface area contributed by atoms with Crippen molar-refractivity contribution in [2.45, 2.75) is 38.7 Å². The van der Waals surface area contributed by atoms with Crippen LogP contribution in [-0.2, 0) is 6.42 Å². The highest BCUT2D eigenvalue weighted by atomic mass is 19.3. The van der Waals surface area contributed by atoms with Gasteiger partial charge in [-0.2, -0.15) is 13.9 Å². The first-order valence-corrected chi connectivity index (χ1v) is 12.3. The Bertz CT molecular complexity index is 1450. The van der Waals surface area contributed by atoms with Crippen molar-refractivity contribution >= 4 is 17.5 Å². The molecule has 1 aliphatic heterocycles. The zero-order valence-electron chi connectivity index (χ0n) is 20.7. The number of benzene rings is 1. The number of anilines is 1. The van der Waals surface area contributed by atoms with Gasteiger partial charge in [-0.05, 0) is 55.7 Å². The van der Waals surface area contributed by atoms with Gasteiger partial charge in [-0.1, -0.05) is 0 Å². The fourth-order valence-corrected chi connectivity index (χ4v) is 5.24. The zero-order chi connectivity index (χ0) is 25.5. The molecule has 2 aliphatic rings. The number of nitrogens with zero attached hydrogens (tertiary/aromatic N) is 6. The number of alkyl halides is 2. The van der Waals surface area contributed by atoms with Crippen LogP contribution in [0.1, 0.15) is 53.6 Å². The van der Waals surface area contributed by atoms with Crippen molar-refractivity contribution in [3.05, 3.63) is 71.3 Å². The molecule has 0 unspecified atom stereocenters. The van der Waals surface area contributed by atoms with Gasteiger partial charge in [-0.15, -0.1) is 0 Å². The van der Waals surface area contributed by atoms with Gasteiger partial charge in [-0.25, -0.2) is 19.6 Å². The lowest BCUT2D eigenvalue weighted by Crippen LogP contribution is -2.34. The Hall–Kier alpha value is -4.08. The first-order valence-electron chi connectivity index (χ1n) is 12.3. The number of H-pyrrole nitrogens is 1. The summed E-state index contributed by atoms with van der Waals surface area (Å²) >= 11 is 0. The SMILES string of the molecule is COc1ccc(-c2nc(C3CCN(c4ncnc5c4C=C(c4cnn(C(F)F)c4)C5)CC3)[nH]c2C)cc1. The van der Waals surface area contributed by atoms with Gasteiger partial charge in [-0.3, -0.25) is 0 Å². The minimum absolute atomic E-state index is 0.336. The fraction of sp³-hybridized carbons (Fsp3) is 0.333. The van der Waals surface area contributed by atoms with E-state index in [2.05, 4.69) is 31.9 Å². The largest absolute Gasteiger partial charge is 0.497 e. The fourth-order valence-electron chi connectivity index (χ4n) is 5.24. The Labute approximate surface area is 213 Å². The van der Waals surface area contributed by atoms with Gasteiger partial charge < -0.3 is 14.6 Å². The number of fused-ring (bicyclic) bond motifs is 1. The first kappa shape index (κ1) is 23.3. The summed E-state index contributed by atoms with van der Waals surface area (Å²) in [7, 11) is 1.66. The average molecular weight is 504 g/mol. The standard InChI is InChI=1S/C27H27F2N7O/c1-16-24(17-3-5-21(37-2)6-4-17)34-25(33-16)18-7-9-35(10-8-18)26-22-11-19(12-23(22)30-15-31-26)20-13-32-36(14-20)27(28)29/h3-6,11,13-15,18,27H,7-10,12H2,1-2H3,(H,33,34). The first-order chi connectivity index (χ1) is 18.0. The summed E-state index contributed by atoms with van der Waals surface area (Å²) in [6.07, 6.45) is 8.95. The highest BCUT2D eigenvalue weighted by molar-refractivity contribution is 5.90. The molecular formula is C27H27F2N7O. The Morgan fingerprint density at radius 1 is 1.08 bits per heavy atom. The number of aromatic amines is 1. The van der Waals surface area contributed by atoms with Crippen molar-refractivity contribution < 1.29 is 13.5 Å². The molecule has 3 aromatic heterocycles. The number of imidazole rings is 1. The van der Waals surface area contributed by atoms with Crippen LogP contribution in [-0.4, -0.2) is 49.9 Å². The van der Waals surface area contributed by atoms with Gasteiger partial charge in [0.05, 0.1) is 24.7 Å². The quantitative estimate of drug-likeness (QED) is 0.387. The maximum absolute atomic E-state index is 13.0. The molecule has 1 aromatic carbocycles. The number of nitrogens with one attached hydrogen (secondary N) is 1. The third-order valence-electron chi connectivity index (χ3n) is 7.24. The van der Waals surface area contributed by atoms with Crippen molar-refractivity contribution in [2.75, 3.05) is 25.1 Å². The summed E-state index contributed by atoms with van der Waals surface area (Å²) in [5.74, 6) is 3.08. The summed E-state index contributed by atoms with van der Waals surface area (Å²) in [4.78, 5) is 19.8. The van der Waals surface area contributed by atoms with Gasteiger partial charge in [0.15, 0.2) is 0 Å². The van der Waals surface area contributed by atoms with E-state index in [1.165, 1.54) is 12.4 Å². The van der Waals surface area contributed by atoms with E-state index >= 15 is 0 Å². The molecule has 0 atom stereocenters. The van der Waals surface area contributed by atoms with E-state index in [4.69, 9.17) is 9.72 Å². The predicted octanol–water partition coefficient (Wildman–Crippen LogP) is 5.26. The highest BCUT2D eigenvalue weighted by Gasteiger charge is 2.28. The van der Waals surface area contributed by atoms with Crippen LogP contribution in [0.4, 0.5) is 14.6 Å². The van der Waals surface area contributed by atoms with Crippen LogP contribution in [0.15, 0.2) is 43.0 Å². The Balaban J connectivity index is 1.17. The lowest BCUT2D eigenvalue weighted by atomic mass is 9.96. The predicted molar refractivity (Wildman–Crippen MR) is 137 cm³/mol. The smallest absolute Gasteiger partial charge is 0.333 e. The molecule has 1 fully saturated rings. The zero-order valence-corrected chi connectivity index (χ0v) is 20.7. The summed E-state index contributed by atoms with van der Waals surface area (Å²) in [5.41, 5.74) is 6.59. The number of aryl methyl sites for hydroxylation is 1. The van der Waals surface area contributed by atoms with Crippen molar-refractivity contribution in [1.29, 1.82) is 0 Å². The summed E-state index contributed by atoms with van der Waals surface area (Å²) < 4.78 is 31.9. The minimum atomic E-state index is -2.65. The van der Waals surface area contributed by atoms with Crippen molar-refractivity contribution in [2.24, 2.45) is 0 Å². The molecule has 10 heteroatoms. The molecule has 4 heterocycles. The van der Waals surface area contributed by atoms with Crippen LogP contribution in [0, 0.1) is 6.92 Å². The van der Waals surface area contributed by atoms with Gasteiger partial charge in [0.25, 0.3) is 0 Å². The molecule has 1 N–H and O–H groups in total. The van der Waals surface area contributed by atoms with Crippen molar-refractivity contribution in [3.8, 4) is 17.0 Å². The van der Waals surface area contributed by atoms with Crippen LogP contribution in [0.25, 0.3) is 22.9 Å². The number of hydrogen-bond donors (Lipinski definition) is 1. The minimum Gasteiger partial charge on any atom is -0.497 e. The maximum atomic E-state index is 13.0. The lowest BCUT2D eigenvalue weighted by molar-refractivity contribution is 0.0566. The molecule has 8 nitrogen and oxygen atoms in total. The molecule has 6 rings (SSSR count). The Morgan fingerprint density at radius 3 is 2.57 bits per heavy atom. The number of allylic oxidation sites excluding steroid dienone is 1. The molecule has 0 radical (unpaired) electrons. The van der Waals surface area contributed by atoms with Crippen LogP contribution >= 0.6 is 0 Å². The van der Waals surface area contributed by atoms with Crippen LogP contribution < -0.4 is 9.64 Å². The lowest BCUT2D eigenvalue weighted by Gasteiger charge is -2.32. The molecular weight excluding hydrogens is 476 g/mol. The van der Waals surface area contributed by atoms with E-state index in [0.29, 0.717) is 22.6 Å². The topological polar surface area (TPSA) is 84.8 Å². The van der Waals surface area contributed by atoms with E-state index in [1.54, 1.807) is 13.4 Å². The summed E-state index contributed by atoms with van der Waals surface area (Å²) in [6.45, 7) is 1.10. The Morgan fingerprint density at radius 2 is 1.86 bits per heavy atom. The maximum Gasteiger partial charge on any atom is 0.333 e. The third-order valence-corrected chi connectivity index (χ3v) is 7.24. The van der Waals surface area contributed by atoms with Gasteiger partial charge in [0, 0.05) is 54.0 Å². The monoisotopic (exact) mass is 503 g/mol. The molecule has 4 aromatic rings. The molecule has 0 bridgehead atoms. The second kappa shape index (κ2) is 9.42. The number of methoxy groups -OCH3 is 1. The Kier molecular flexibility index (Phi) is 5.94. The van der Waals surface area contributed by atoms with Crippen LogP contribution in [0.3, 0.4) is 0 Å². The third kappa shape index (κ3) is 4.36. The van der Waals surface area contributed by atoms with Crippen LogP contribution in [0.2, 0.25) is 0 Å². The van der Waals surface area contributed by atoms with Crippen molar-refractivity contribution in [3.63, 3.8) is 0 Å². The summed E-state index contributed by atoms with van der Waals surface area (Å²) in [6, 6.07) is 7.97. The van der Waals surface area contributed by atoms with E-state index in [-0.39, 0.29) is 0 Å². The molecule has 190 valence electrons. The molecule has 0 spiro atoms.